The Morgan fingerprint density at radius 1 is 1.67 bits per heavy atom. The molecule has 0 aromatic heterocycles. The highest BCUT2D eigenvalue weighted by Gasteiger charge is 1.93. The average molecular weight is 258 g/mol. The second kappa shape index (κ2) is 4.17. The van der Waals surface area contributed by atoms with Crippen LogP contribution in [0, 0.1) is 0 Å². The predicted molar refractivity (Wildman–Crippen MR) is 51.1 cm³/mol. The van der Waals surface area contributed by atoms with Gasteiger partial charge in [0.15, 0.2) is 0 Å². The largest absolute Gasteiger partial charge is 0.377 e. The summed E-state index contributed by atoms with van der Waals surface area (Å²) >= 11 is 2.31. The van der Waals surface area contributed by atoms with Crippen LogP contribution >= 0.6 is 35.0 Å². The van der Waals surface area contributed by atoms with Gasteiger partial charge in [-0.1, -0.05) is 6.08 Å². The molecule has 0 aliphatic carbocycles. The van der Waals surface area contributed by atoms with E-state index in [0.29, 0.717) is 0 Å². The van der Waals surface area contributed by atoms with Crippen molar-refractivity contribution in [2.45, 2.75) is 0 Å². The first kappa shape index (κ1) is 9.30. The summed E-state index contributed by atoms with van der Waals surface area (Å²) in [4.78, 5) is 2.14. The summed E-state index contributed by atoms with van der Waals surface area (Å²) in [6.07, 6.45) is 6.38. The summed E-state index contributed by atoms with van der Waals surface area (Å²) in [5.74, 6) is 0. The normalized spacial score (nSPS) is 16.7. The monoisotopic (exact) mass is 257 g/mol. The zero-order valence-corrected chi connectivity index (χ0v) is 8.15. The number of nitrogens with zero attached hydrogens (tertiary/aromatic N) is 1. The maximum atomic E-state index is 2.31. The molecule has 0 aromatic rings. The molecule has 0 radical (unpaired) electrons. The molecule has 0 amide bonds. The molecule has 0 fully saturated rings. The van der Waals surface area contributed by atoms with Crippen molar-refractivity contribution in [3.8, 4) is 0 Å². The van der Waals surface area contributed by atoms with Crippen LogP contribution in [0.3, 0.4) is 0 Å². The molecule has 52 valence electrons. The van der Waals surface area contributed by atoms with E-state index in [-0.39, 0.29) is 12.4 Å². The van der Waals surface area contributed by atoms with Gasteiger partial charge in [0.1, 0.15) is 0 Å². The van der Waals surface area contributed by atoms with Crippen LogP contribution in [0.1, 0.15) is 0 Å². The van der Waals surface area contributed by atoms with E-state index in [0.717, 1.165) is 6.54 Å². The van der Waals surface area contributed by atoms with Crippen LogP contribution in [0.5, 0.6) is 0 Å². The molecular weight excluding hydrogens is 248 g/mol. The summed E-state index contributed by atoms with van der Waals surface area (Å²) in [5, 5.41) is 0. The minimum absolute atomic E-state index is 0. The topological polar surface area (TPSA) is 3.24 Å². The lowest BCUT2D eigenvalue weighted by atomic mass is 10.4. The highest BCUT2D eigenvalue weighted by molar-refractivity contribution is 14.1. The Morgan fingerprint density at radius 3 is 2.67 bits per heavy atom. The second-order valence-corrected chi connectivity index (χ2v) is 3.09. The molecule has 0 N–H and O–H groups in total. The van der Waals surface area contributed by atoms with Crippen LogP contribution in [0.2, 0.25) is 0 Å². The van der Waals surface area contributed by atoms with Crippen molar-refractivity contribution >= 4 is 35.0 Å². The maximum Gasteiger partial charge on any atom is 0.0363 e. The van der Waals surface area contributed by atoms with Crippen LogP contribution in [0.25, 0.3) is 0 Å². The zero-order chi connectivity index (χ0) is 5.98. The first-order valence-electron chi connectivity index (χ1n) is 2.53. The number of hydrogen-bond acceptors (Lipinski definition) is 1. The zero-order valence-electron chi connectivity index (χ0n) is 5.17. The van der Waals surface area contributed by atoms with Gasteiger partial charge in [-0.3, -0.25) is 0 Å². The Kier molecular flexibility index (Phi) is 4.31. The minimum atomic E-state index is 0. The predicted octanol–water partition coefficient (Wildman–Crippen LogP) is 2.19. The van der Waals surface area contributed by atoms with Crippen LogP contribution in [-0.2, 0) is 0 Å². The third kappa shape index (κ3) is 3.11. The third-order valence-electron chi connectivity index (χ3n) is 1.06. The fourth-order valence-electron chi connectivity index (χ4n) is 0.559. The summed E-state index contributed by atoms with van der Waals surface area (Å²) in [5.41, 5.74) is 0. The number of halogens is 2. The second-order valence-electron chi connectivity index (χ2n) is 1.84. The lowest BCUT2D eigenvalue weighted by molar-refractivity contribution is 0.504. The van der Waals surface area contributed by atoms with Crippen molar-refractivity contribution in [1.29, 1.82) is 0 Å². The number of rotatable bonds is 0. The van der Waals surface area contributed by atoms with Gasteiger partial charge in [-0.15, -0.1) is 12.4 Å². The molecule has 1 aliphatic rings. The van der Waals surface area contributed by atoms with Gasteiger partial charge in [0.2, 0.25) is 0 Å². The van der Waals surface area contributed by atoms with Crippen LogP contribution in [0.4, 0.5) is 0 Å². The first-order valence-corrected chi connectivity index (χ1v) is 3.61. The van der Waals surface area contributed by atoms with E-state index < -0.39 is 0 Å². The van der Waals surface area contributed by atoms with E-state index in [1.165, 1.54) is 3.58 Å². The highest BCUT2D eigenvalue weighted by atomic mass is 127. The minimum Gasteiger partial charge on any atom is -0.377 e. The van der Waals surface area contributed by atoms with Gasteiger partial charge in [-0.05, 0) is 28.7 Å². The van der Waals surface area contributed by atoms with Crippen molar-refractivity contribution in [1.82, 2.24) is 4.90 Å². The molecule has 3 heteroatoms. The fourth-order valence-corrected chi connectivity index (χ4v) is 0.916. The highest BCUT2D eigenvalue weighted by Crippen LogP contribution is 2.11. The Hall–Kier alpha value is 0.300. The van der Waals surface area contributed by atoms with Gasteiger partial charge >= 0.3 is 0 Å². The smallest absolute Gasteiger partial charge is 0.0363 e. The summed E-state index contributed by atoms with van der Waals surface area (Å²) in [6.45, 7) is 1.05. The van der Waals surface area contributed by atoms with E-state index >= 15 is 0 Å². The van der Waals surface area contributed by atoms with Crippen molar-refractivity contribution in [2.75, 3.05) is 13.6 Å². The standard InChI is InChI=1S/C6H8IN.ClH/c1-8-4-2-6(7)3-5-8;/h2-4H,5H2,1H3;1H. The van der Waals surface area contributed by atoms with Crippen molar-refractivity contribution in [2.24, 2.45) is 0 Å². The molecule has 1 rings (SSSR count). The molecule has 1 aliphatic heterocycles. The fraction of sp³-hybridized carbons (Fsp3) is 0.333. The maximum absolute atomic E-state index is 2.31. The molecule has 0 aromatic carbocycles. The lowest BCUT2D eigenvalue weighted by Gasteiger charge is -2.13. The summed E-state index contributed by atoms with van der Waals surface area (Å²) in [7, 11) is 2.07. The van der Waals surface area contributed by atoms with Gasteiger partial charge in [-0.2, -0.15) is 0 Å². The molecule has 0 unspecified atom stereocenters. The van der Waals surface area contributed by atoms with Crippen molar-refractivity contribution in [3.63, 3.8) is 0 Å². The van der Waals surface area contributed by atoms with E-state index in [9.17, 15) is 0 Å². The molecule has 0 spiro atoms. The van der Waals surface area contributed by atoms with Gasteiger partial charge < -0.3 is 4.90 Å². The van der Waals surface area contributed by atoms with Gasteiger partial charge in [0.05, 0.1) is 0 Å². The Morgan fingerprint density at radius 2 is 2.33 bits per heavy atom. The SMILES string of the molecule is CN1C=CC(I)=CC1.Cl. The van der Waals surface area contributed by atoms with Crippen LogP contribution < -0.4 is 0 Å². The molecule has 0 bridgehead atoms. The van der Waals surface area contributed by atoms with Crippen LogP contribution in [0.15, 0.2) is 21.9 Å². The van der Waals surface area contributed by atoms with E-state index in [4.69, 9.17) is 0 Å². The average Bonchev–Trinajstić information content (AvgIpc) is 1.77. The molecule has 9 heavy (non-hydrogen) atoms. The lowest BCUT2D eigenvalue weighted by Crippen LogP contribution is -2.12. The van der Waals surface area contributed by atoms with E-state index in [2.05, 4.69) is 52.9 Å². The van der Waals surface area contributed by atoms with E-state index in [1.807, 2.05) is 0 Å². The third-order valence-corrected chi connectivity index (χ3v) is 1.86. The summed E-state index contributed by atoms with van der Waals surface area (Å²) in [6, 6.07) is 0. The molecule has 1 nitrogen and oxygen atoms in total. The van der Waals surface area contributed by atoms with Gasteiger partial charge in [0, 0.05) is 23.4 Å². The quantitative estimate of drug-likeness (QED) is 0.601. The summed E-state index contributed by atoms with van der Waals surface area (Å²) < 4.78 is 1.33. The number of likely N-dealkylation sites (N-methyl/N-ethyl adjacent to an activating group) is 1. The Labute approximate surface area is 75.4 Å². The van der Waals surface area contributed by atoms with E-state index in [1.54, 1.807) is 0 Å². The molecule has 0 saturated carbocycles. The Bertz CT molecular complexity index is 142. The molecule has 1 heterocycles. The van der Waals surface area contributed by atoms with Crippen LogP contribution in [-0.4, -0.2) is 18.5 Å². The van der Waals surface area contributed by atoms with Crippen molar-refractivity contribution < 1.29 is 0 Å². The van der Waals surface area contributed by atoms with Crippen molar-refractivity contribution in [3.05, 3.63) is 21.9 Å². The molecule has 0 saturated heterocycles. The Balaban J connectivity index is 0.000000640. The van der Waals surface area contributed by atoms with Gasteiger partial charge in [0.25, 0.3) is 0 Å². The first-order chi connectivity index (χ1) is 3.79. The van der Waals surface area contributed by atoms with Gasteiger partial charge in [-0.25, -0.2) is 0 Å². The molecular formula is C6H9ClIN. The number of hydrogen-bond donors (Lipinski definition) is 0. The molecule has 0 atom stereocenters. The number of allylic oxidation sites excluding steroid dienone is 2.